The zero-order valence-corrected chi connectivity index (χ0v) is 17.6. The van der Waals surface area contributed by atoms with Crippen LogP contribution in [0.3, 0.4) is 0 Å². The Bertz CT molecular complexity index is 1020. The maximum absolute atomic E-state index is 12.7. The number of rotatable bonds is 6. The number of thioether (sulfide) groups is 1. The van der Waals surface area contributed by atoms with Crippen molar-refractivity contribution in [1.82, 2.24) is 14.8 Å². The number of hydrogen-bond acceptors (Lipinski definition) is 4. The maximum Gasteiger partial charge on any atom is 0.237 e. The predicted octanol–water partition coefficient (Wildman–Crippen LogP) is 4.58. The number of hydrogen-bond donors (Lipinski definition) is 0. The SMILES string of the molecule is C=CCn1nc(SCC(=O)N2CCc3ccccc32)nc1-c1ccc(Br)cc1. The number of carbonyl (C=O) groups is 1. The standard InChI is InChI=1S/C21H19BrN4OS/c1-2-12-26-20(16-7-9-17(22)10-8-16)23-21(24-26)28-14-19(27)25-13-11-15-5-3-4-6-18(15)25/h2-10H,1,11-14H2. The summed E-state index contributed by atoms with van der Waals surface area (Å²) in [4.78, 5) is 19.2. The van der Waals surface area contributed by atoms with Crippen molar-refractivity contribution in [2.24, 2.45) is 0 Å². The molecule has 0 bridgehead atoms. The van der Waals surface area contributed by atoms with Crippen LogP contribution >= 0.6 is 27.7 Å². The fourth-order valence-electron chi connectivity index (χ4n) is 3.25. The molecular formula is C21H19BrN4OS. The van der Waals surface area contributed by atoms with Gasteiger partial charge in [0, 0.05) is 22.3 Å². The number of benzene rings is 2. The second-order valence-electron chi connectivity index (χ2n) is 6.41. The highest BCUT2D eigenvalue weighted by atomic mass is 79.9. The van der Waals surface area contributed by atoms with Gasteiger partial charge in [0.1, 0.15) is 0 Å². The van der Waals surface area contributed by atoms with Crippen LogP contribution in [0, 0.1) is 0 Å². The second kappa shape index (κ2) is 8.32. The average Bonchev–Trinajstić information content (AvgIpc) is 3.31. The topological polar surface area (TPSA) is 51.0 Å². The average molecular weight is 455 g/mol. The Balaban J connectivity index is 1.49. The summed E-state index contributed by atoms with van der Waals surface area (Å²) in [6.07, 6.45) is 2.70. The van der Waals surface area contributed by atoms with Crippen LogP contribution in [0.4, 0.5) is 5.69 Å². The molecule has 0 unspecified atom stereocenters. The molecule has 0 saturated carbocycles. The van der Waals surface area contributed by atoms with Crippen LogP contribution in [-0.2, 0) is 17.8 Å². The molecule has 2 heterocycles. The number of carbonyl (C=O) groups excluding carboxylic acids is 1. The third-order valence-electron chi connectivity index (χ3n) is 4.57. The van der Waals surface area contributed by atoms with Gasteiger partial charge in [-0.3, -0.25) is 4.79 Å². The largest absolute Gasteiger partial charge is 0.311 e. The number of anilines is 1. The van der Waals surface area contributed by atoms with E-state index in [1.165, 1.54) is 17.3 Å². The number of para-hydroxylation sites is 1. The predicted molar refractivity (Wildman–Crippen MR) is 117 cm³/mol. The molecule has 0 fully saturated rings. The summed E-state index contributed by atoms with van der Waals surface area (Å²) in [6, 6.07) is 16.0. The fraction of sp³-hybridized carbons (Fsp3) is 0.190. The molecule has 7 heteroatoms. The molecule has 0 spiro atoms. The van der Waals surface area contributed by atoms with Gasteiger partial charge in [-0.1, -0.05) is 64.1 Å². The normalized spacial score (nSPS) is 12.8. The molecule has 142 valence electrons. The molecule has 5 nitrogen and oxygen atoms in total. The molecule has 4 rings (SSSR count). The maximum atomic E-state index is 12.7. The van der Waals surface area contributed by atoms with Gasteiger partial charge >= 0.3 is 0 Å². The molecule has 1 aliphatic heterocycles. The summed E-state index contributed by atoms with van der Waals surface area (Å²) < 4.78 is 2.82. The Morgan fingerprint density at radius 3 is 2.79 bits per heavy atom. The van der Waals surface area contributed by atoms with E-state index in [4.69, 9.17) is 0 Å². The Morgan fingerprint density at radius 2 is 2.00 bits per heavy atom. The van der Waals surface area contributed by atoms with Crippen molar-refractivity contribution in [3.8, 4) is 11.4 Å². The van der Waals surface area contributed by atoms with Gasteiger partial charge in [0.25, 0.3) is 0 Å². The minimum absolute atomic E-state index is 0.0835. The molecule has 0 aliphatic carbocycles. The van der Waals surface area contributed by atoms with E-state index in [1.807, 2.05) is 52.0 Å². The van der Waals surface area contributed by atoms with Crippen LogP contribution in [0.2, 0.25) is 0 Å². The lowest BCUT2D eigenvalue weighted by Crippen LogP contribution is -2.30. The molecule has 1 aliphatic rings. The van der Waals surface area contributed by atoms with E-state index in [2.05, 4.69) is 38.7 Å². The molecule has 1 amide bonds. The molecule has 0 radical (unpaired) electrons. The third-order valence-corrected chi connectivity index (χ3v) is 5.92. The smallest absolute Gasteiger partial charge is 0.237 e. The van der Waals surface area contributed by atoms with Gasteiger partial charge in [-0.25, -0.2) is 9.67 Å². The summed E-state index contributed by atoms with van der Waals surface area (Å²) >= 11 is 4.82. The molecular weight excluding hydrogens is 436 g/mol. The van der Waals surface area contributed by atoms with E-state index in [9.17, 15) is 4.79 Å². The van der Waals surface area contributed by atoms with Gasteiger partial charge in [-0.05, 0) is 30.2 Å². The van der Waals surface area contributed by atoms with Gasteiger partial charge in [0.15, 0.2) is 5.82 Å². The third kappa shape index (κ3) is 3.91. The van der Waals surface area contributed by atoms with Crippen LogP contribution in [-0.4, -0.2) is 33.0 Å². The van der Waals surface area contributed by atoms with E-state index >= 15 is 0 Å². The van der Waals surface area contributed by atoms with E-state index < -0.39 is 0 Å². The first-order valence-electron chi connectivity index (χ1n) is 8.98. The van der Waals surface area contributed by atoms with E-state index in [0.29, 0.717) is 17.5 Å². The summed E-state index contributed by atoms with van der Waals surface area (Å²) in [6.45, 7) is 5.10. The first kappa shape index (κ1) is 19.0. The molecule has 0 atom stereocenters. The van der Waals surface area contributed by atoms with Gasteiger partial charge in [-0.15, -0.1) is 11.7 Å². The van der Waals surface area contributed by atoms with Crippen molar-refractivity contribution in [3.63, 3.8) is 0 Å². The molecule has 2 aromatic carbocycles. The van der Waals surface area contributed by atoms with Crippen molar-refractivity contribution in [1.29, 1.82) is 0 Å². The highest BCUT2D eigenvalue weighted by Gasteiger charge is 2.24. The molecule has 3 aromatic rings. The highest BCUT2D eigenvalue weighted by molar-refractivity contribution is 9.10. The molecule has 1 aromatic heterocycles. The number of aromatic nitrogens is 3. The number of amides is 1. The summed E-state index contributed by atoms with van der Waals surface area (Å²) in [7, 11) is 0. The van der Waals surface area contributed by atoms with Crippen LogP contribution in [0.25, 0.3) is 11.4 Å². The van der Waals surface area contributed by atoms with Crippen LogP contribution < -0.4 is 4.90 Å². The summed E-state index contributed by atoms with van der Waals surface area (Å²) in [5.41, 5.74) is 3.23. The van der Waals surface area contributed by atoms with E-state index in [1.54, 1.807) is 6.08 Å². The van der Waals surface area contributed by atoms with Crippen molar-refractivity contribution in [2.75, 3.05) is 17.2 Å². The minimum atomic E-state index is 0.0835. The lowest BCUT2D eigenvalue weighted by atomic mass is 10.2. The van der Waals surface area contributed by atoms with Crippen LogP contribution in [0.1, 0.15) is 5.56 Å². The van der Waals surface area contributed by atoms with Crippen LogP contribution in [0.5, 0.6) is 0 Å². The Hall–Kier alpha value is -2.38. The van der Waals surface area contributed by atoms with E-state index in [-0.39, 0.29) is 5.91 Å². The zero-order chi connectivity index (χ0) is 19.5. The second-order valence-corrected chi connectivity index (χ2v) is 8.27. The van der Waals surface area contributed by atoms with Gasteiger partial charge < -0.3 is 4.90 Å². The number of fused-ring (bicyclic) bond motifs is 1. The number of halogens is 1. The van der Waals surface area contributed by atoms with Gasteiger partial charge in [0.2, 0.25) is 11.1 Å². The molecule has 0 saturated heterocycles. The van der Waals surface area contributed by atoms with Crippen molar-refractivity contribution >= 4 is 39.3 Å². The lowest BCUT2D eigenvalue weighted by molar-refractivity contribution is -0.116. The summed E-state index contributed by atoms with van der Waals surface area (Å²) in [5, 5.41) is 5.15. The molecule has 0 N–H and O–H groups in total. The molecule has 28 heavy (non-hydrogen) atoms. The van der Waals surface area contributed by atoms with Crippen LogP contribution in [0.15, 0.2) is 70.8 Å². The van der Waals surface area contributed by atoms with Crippen molar-refractivity contribution < 1.29 is 4.79 Å². The zero-order valence-electron chi connectivity index (χ0n) is 15.2. The number of allylic oxidation sites excluding steroid dienone is 1. The summed E-state index contributed by atoms with van der Waals surface area (Å²) in [5.74, 6) is 1.17. The van der Waals surface area contributed by atoms with Gasteiger partial charge in [0.05, 0.1) is 12.3 Å². The lowest BCUT2D eigenvalue weighted by Gasteiger charge is -2.16. The number of nitrogens with zero attached hydrogens (tertiary/aromatic N) is 4. The van der Waals surface area contributed by atoms with E-state index in [0.717, 1.165) is 34.5 Å². The highest BCUT2D eigenvalue weighted by Crippen LogP contribution is 2.29. The minimum Gasteiger partial charge on any atom is -0.311 e. The first-order valence-corrected chi connectivity index (χ1v) is 10.8. The Labute approximate surface area is 176 Å². The van der Waals surface area contributed by atoms with Crippen molar-refractivity contribution in [3.05, 3.63) is 71.2 Å². The van der Waals surface area contributed by atoms with Gasteiger partial charge in [-0.2, -0.15) is 0 Å². The van der Waals surface area contributed by atoms with Crippen molar-refractivity contribution in [2.45, 2.75) is 18.1 Å². The first-order chi connectivity index (χ1) is 13.7. The Kier molecular flexibility index (Phi) is 5.64. The fourth-order valence-corrected chi connectivity index (χ4v) is 4.23. The Morgan fingerprint density at radius 1 is 1.21 bits per heavy atom. The quantitative estimate of drug-likeness (QED) is 0.404. The monoisotopic (exact) mass is 454 g/mol.